The van der Waals surface area contributed by atoms with Gasteiger partial charge in [-0.1, -0.05) is 44.0 Å². The predicted molar refractivity (Wildman–Crippen MR) is 194 cm³/mol. The van der Waals surface area contributed by atoms with E-state index in [-0.39, 0.29) is 136 Å². The standard InChI is InChI=1S/C36H16Br2N2O10S2.2Na/c37-15-1-5-17(6-2-15)39-33(41)21-11-9-19-30-26(52(48,49)50)14-24-28-22(34(42)40(36(24)44)18-7-3-16(38)4-8-18)12-10-20(32(28)30)29-25(51(45,46)47)13-23(35(39)43)27(21)31(19)29;;/h1-14H,(H,45,46,47)(H,48,49,50);;/q;2*+1/p-2. The molecule has 0 N–H and O–H groups in total. The van der Waals surface area contributed by atoms with E-state index in [4.69, 9.17) is 0 Å². The third-order valence-electron chi connectivity index (χ3n) is 9.47. The van der Waals surface area contributed by atoms with Crippen LogP contribution in [-0.4, -0.2) is 49.6 Å². The maximum atomic E-state index is 14.1. The Hall–Kier alpha value is -3.10. The van der Waals surface area contributed by atoms with Gasteiger partial charge in [0.25, 0.3) is 23.6 Å². The van der Waals surface area contributed by atoms with Gasteiger partial charge in [-0.2, -0.15) is 0 Å². The van der Waals surface area contributed by atoms with E-state index in [1.54, 1.807) is 24.3 Å². The van der Waals surface area contributed by atoms with Crippen molar-refractivity contribution < 1.29 is 104 Å². The van der Waals surface area contributed by atoms with Crippen molar-refractivity contribution in [2.24, 2.45) is 0 Å². The number of imide groups is 2. The van der Waals surface area contributed by atoms with Crippen LogP contribution in [0.4, 0.5) is 11.4 Å². The second kappa shape index (κ2) is 13.2. The Morgan fingerprint density at radius 2 is 0.741 bits per heavy atom. The molecule has 12 nitrogen and oxygen atoms in total. The van der Waals surface area contributed by atoms with E-state index in [0.29, 0.717) is 8.95 Å². The van der Waals surface area contributed by atoms with E-state index >= 15 is 0 Å². The van der Waals surface area contributed by atoms with Crippen LogP contribution in [0.15, 0.2) is 104 Å². The minimum absolute atomic E-state index is 0. The van der Waals surface area contributed by atoms with Gasteiger partial charge in [0.05, 0.1) is 32.3 Å². The number of hydrogen-bond donors (Lipinski definition) is 0. The minimum atomic E-state index is -5.42. The molecule has 0 spiro atoms. The summed E-state index contributed by atoms with van der Waals surface area (Å²) in [6.07, 6.45) is 0. The maximum Gasteiger partial charge on any atom is 1.00 e. The van der Waals surface area contributed by atoms with Crippen molar-refractivity contribution in [2.45, 2.75) is 9.79 Å². The Morgan fingerprint density at radius 3 is 1.06 bits per heavy atom. The van der Waals surface area contributed by atoms with E-state index in [1.807, 2.05) is 0 Å². The summed E-state index contributed by atoms with van der Waals surface area (Å²) < 4.78 is 79.9. The SMILES string of the molecule is O=C1c2ccc3c4c(S(=O)(=O)[O-])cc5c6c(ccc(c7c(S(=O)(=O)[O-])cc(c2c37)C(=O)N1c1ccc(Br)cc1)c64)C(=O)N(c1ccc(Br)cc1)C5=O.[Na+].[Na+]. The second-order valence-electron chi connectivity index (χ2n) is 12.2. The van der Waals surface area contributed by atoms with Crippen LogP contribution < -0.4 is 68.9 Å². The molecule has 0 fully saturated rings. The molecular formula is C36H14Br2N2Na2O10S2. The summed E-state index contributed by atoms with van der Waals surface area (Å²) in [4.78, 5) is 56.2. The molecular weight excluding hydrogens is 890 g/mol. The number of carbonyl (C=O) groups is 4. The van der Waals surface area contributed by atoms with Crippen molar-refractivity contribution in [3.8, 4) is 0 Å². The quantitative estimate of drug-likeness (QED) is 0.0799. The molecule has 0 atom stereocenters. The van der Waals surface area contributed by atoms with Crippen molar-refractivity contribution in [1.29, 1.82) is 0 Å². The Kier molecular flexibility index (Phi) is 9.60. The van der Waals surface area contributed by atoms with Crippen molar-refractivity contribution in [3.05, 3.63) is 116 Å². The molecule has 18 heteroatoms. The Morgan fingerprint density at radius 1 is 0.426 bits per heavy atom. The van der Waals surface area contributed by atoms with Crippen molar-refractivity contribution >= 4 is 130 Å². The third-order valence-corrected chi connectivity index (χ3v) is 12.3. The first-order chi connectivity index (χ1) is 24.6. The van der Waals surface area contributed by atoms with Crippen LogP contribution in [0.1, 0.15) is 41.4 Å². The minimum Gasteiger partial charge on any atom is -0.744 e. The van der Waals surface area contributed by atoms with E-state index < -0.39 is 53.7 Å². The average molecular weight is 904 g/mol. The summed E-state index contributed by atoms with van der Waals surface area (Å²) in [5.41, 5.74) is -0.488. The fraction of sp³-hybridized carbons (Fsp3) is 0. The zero-order valence-electron chi connectivity index (χ0n) is 27.6. The van der Waals surface area contributed by atoms with Gasteiger partial charge in [0.2, 0.25) is 0 Å². The monoisotopic (exact) mass is 902 g/mol. The molecule has 9 rings (SSSR count). The molecule has 0 saturated heterocycles. The number of anilines is 2. The summed E-state index contributed by atoms with van der Waals surface area (Å²) >= 11 is 6.60. The molecule has 0 bridgehead atoms. The maximum absolute atomic E-state index is 14.1. The first-order valence-corrected chi connectivity index (χ1v) is 19.5. The average Bonchev–Trinajstić information content (AvgIpc) is 3.09. The van der Waals surface area contributed by atoms with Crippen LogP contribution >= 0.6 is 31.9 Å². The van der Waals surface area contributed by atoms with E-state index in [0.717, 1.165) is 21.9 Å². The Balaban J connectivity index is 0.00000225. The fourth-order valence-electron chi connectivity index (χ4n) is 7.44. The number of rotatable bonds is 4. The van der Waals surface area contributed by atoms with Crippen molar-refractivity contribution in [1.82, 2.24) is 0 Å². The van der Waals surface area contributed by atoms with Crippen molar-refractivity contribution in [2.75, 3.05) is 9.80 Å². The zero-order valence-corrected chi connectivity index (χ0v) is 36.4. The van der Waals surface area contributed by atoms with Gasteiger partial charge in [-0.05, 0) is 83.6 Å². The Bertz CT molecular complexity index is 2910. The third kappa shape index (κ3) is 5.49. The predicted octanol–water partition coefficient (Wildman–Crippen LogP) is 0.680. The molecule has 0 radical (unpaired) electrons. The summed E-state index contributed by atoms with van der Waals surface area (Å²) in [7, 11) is -10.8. The fourth-order valence-corrected chi connectivity index (χ4v) is 9.41. The number of nitrogens with zero attached hydrogens (tertiary/aromatic N) is 2. The van der Waals surface area contributed by atoms with Crippen LogP contribution in [0.2, 0.25) is 0 Å². The van der Waals surface area contributed by atoms with Crippen LogP contribution in [-0.2, 0) is 20.2 Å². The summed E-state index contributed by atoms with van der Waals surface area (Å²) in [6, 6.07) is 19.3. The van der Waals surface area contributed by atoms with Gasteiger partial charge in [0, 0.05) is 52.4 Å². The molecule has 0 saturated carbocycles. The van der Waals surface area contributed by atoms with Crippen LogP contribution in [0.25, 0.3) is 43.1 Å². The van der Waals surface area contributed by atoms with Crippen LogP contribution in [0, 0.1) is 0 Å². The van der Waals surface area contributed by atoms with Gasteiger partial charge < -0.3 is 9.11 Å². The molecule has 0 unspecified atom stereocenters. The van der Waals surface area contributed by atoms with Crippen molar-refractivity contribution in [3.63, 3.8) is 0 Å². The number of amides is 4. The van der Waals surface area contributed by atoms with E-state index in [2.05, 4.69) is 31.9 Å². The number of hydrogen-bond acceptors (Lipinski definition) is 10. The molecule has 7 aromatic carbocycles. The number of carbonyl (C=O) groups excluding carboxylic acids is 4. The van der Waals surface area contributed by atoms with Crippen LogP contribution in [0.5, 0.6) is 0 Å². The molecule has 54 heavy (non-hydrogen) atoms. The molecule has 7 aromatic rings. The van der Waals surface area contributed by atoms with E-state index in [1.165, 1.54) is 48.5 Å². The van der Waals surface area contributed by atoms with Gasteiger partial charge in [-0.3, -0.25) is 19.2 Å². The first kappa shape index (κ1) is 39.1. The van der Waals surface area contributed by atoms with Gasteiger partial charge >= 0.3 is 59.1 Å². The summed E-state index contributed by atoms with van der Waals surface area (Å²) in [6.45, 7) is 0. The molecule has 0 aliphatic carbocycles. The first-order valence-electron chi connectivity index (χ1n) is 15.1. The van der Waals surface area contributed by atoms with Crippen LogP contribution in [0.3, 0.4) is 0 Å². The van der Waals surface area contributed by atoms with Gasteiger partial charge in [-0.15, -0.1) is 0 Å². The molecule has 2 aliphatic heterocycles. The molecule has 256 valence electrons. The van der Waals surface area contributed by atoms with E-state index in [9.17, 15) is 45.1 Å². The molecule has 2 aliphatic rings. The number of halogens is 2. The molecule has 2 heterocycles. The Labute approximate surface area is 366 Å². The summed E-state index contributed by atoms with van der Waals surface area (Å²) in [5, 5.41) is -1.14. The number of fused-ring (bicyclic) bond motifs is 2. The largest absolute Gasteiger partial charge is 1.00 e. The topological polar surface area (TPSA) is 189 Å². The van der Waals surface area contributed by atoms with Gasteiger partial charge in [-0.25, -0.2) is 26.6 Å². The zero-order chi connectivity index (χ0) is 36.8. The number of benzene rings is 7. The van der Waals surface area contributed by atoms with Gasteiger partial charge in [0.15, 0.2) is 0 Å². The molecule has 0 aromatic heterocycles. The second-order valence-corrected chi connectivity index (χ2v) is 16.7. The molecule has 4 amide bonds. The van der Waals surface area contributed by atoms with Gasteiger partial charge in [0.1, 0.15) is 20.2 Å². The summed E-state index contributed by atoms with van der Waals surface area (Å²) in [5.74, 6) is -3.48. The smallest absolute Gasteiger partial charge is 0.744 e. The normalized spacial score (nSPS) is 14.4.